The second-order valence-electron chi connectivity index (χ2n) is 6.74. The molecule has 3 amide bonds. The van der Waals surface area contributed by atoms with Crippen molar-refractivity contribution in [3.05, 3.63) is 64.7 Å². The number of benzene rings is 2. The standard InChI is InChI=1S/C20H19N3O3/c1-12(23-19(25)16-4-2-3-5-17(16)20(23)26)18(24)22-9-8-13-6-7-15(21)10-14(13)11-22/h2-7,10,12H,8-9,11,21H2,1H3. The first-order valence-electron chi connectivity index (χ1n) is 8.60. The second kappa shape index (κ2) is 5.98. The number of nitrogens with zero attached hydrogens (tertiary/aromatic N) is 2. The summed E-state index contributed by atoms with van der Waals surface area (Å²) >= 11 is 0. The predicted molar refractivity (Wildman–Crippen MR) is 96.4 cm³/mol. The Labute approximate surface area is 151 Å². The van der Waals surface area contributed by atoms with Crippen molar-refractivity contribution < 1.29 is 14.4 Å². The van der Waals surface area contributed by atoms with Crippen molar-refractivity contribution in [3.63, 3.8) is 0 Å². The monoisotopic (exact) mass is 349 g/mol. The van der Waals surface area contributed by atoms with E-state index in [9.17, 15) is 14.4 Å². The van der Waals surface area contributed by atoms with Crippen LogP contribution in [-0.2, 0) is 17.8 Å². The molecule has 2 aliphatic rings. The van der Waals surface area contributed by atoms with E-state index in [4.69, 9.17) is 5.73 Å². The van der Waals surface area contributed by atoms with Crippen LogP contribution in [0.2, 0.25) is 0 Å². The lowest BCUT2D eigenvalue weighted by atomic mass is 9.98. The molecule has 0 aromatic heterocycles. The van der Waals surface area contributed by atoms with Gasteiger partial charge >= 0.3 is 0 Å². The van der Waals surface area contributed by atoms with Crippen LogP contribution in [0.4, 0.5) is 5.69 Å². The smallest absolute Gasteiger partial charge is 0.262 e. The fourth-order valence-electron chi connectivity index (χ4n) is 3.70. The van der Waals surface area contributed by atoms with Gasteiger partial charge in [-0.1, -0.05) is 18.2 Å². The first kappa shape index (κ1) is 16.3. The van der Waals surface area contributed by atoms with E-state index >= 15 is 0 Å². The van der Waals surface area contributed by atoms with Crippen molar-refractivity contribution in [3.8, 4) is 0 Å². The molecule has 0 radical (unpaired) electrons. The maximum absolute atomic E-state index is 13.0. The van der Waals surface area contributed by atoms with Crippen molar-refractivity contribution in [1.82, 2.24) is 9.80 Å². The maximum atomic E-state index is 13.0. The van der Waals surface area contributed by atoms with Crippen LogP contribution in [0, 0.1) is 0 Å². The van der Waals surface area contributed by atoms with Crippen LogP contribution in [0.5, 0.6) is 0 Å². The van der Waals surface area contributed by atoms with Crippen molar-refractivity contribution >= 4 is 23.4 Å². The summed E-state index contributed by atoms with van der Waals surface area (Å²) in [6.07, 6.45) is 0.732. The summed E-state index contributed by atoms with van der Waals surface area (Å²) in [4.78, 5) is 40.9. The number of nitrogens with two attached hydrogens (primary N) is 1. The largest absolute Gasteiger partial charge is 0.399 e. The molecule has 132 valence electrons. The number of nitrogen functional groups attached to an aromatic ring is 1. The third kappa shape index (κ3) is 2.45. The van der Waals surface area contributed by atoms with Crippen molar-refractivity contribution in [2.75, 3.05) is 12.3 Å². The van der Waals surface area contributed by atoms with Crippen LogP contribution >= 0.6 is 0 Å². The van der Waals surface area contributed by atoms with Gasteiger partial charge in [0.2, 0.25) is 5.91 Å². The van der Waals surface area contributed by atoms with Gasteiger partial charge < -0.3 is 10.6 Å². The average Bonchev–Trinajstić information content (AvgIpc) is 2.91. The first-order chi connectivity index (χ1) is 12.5. The van der Waals surface area contributed by atoms with E-state index in [1.165, 1.54) is 5.56 Å². The molecule has 0 saturated heterocycles. The highest BCUT2D eigenvalue weighted by molar-refractivity contribution is 6.22. The number of rotatable bonds is 2. The molecule has 0 fully saturated rings. The Bertz CT molecular complexity index is 903. The molecule has 1 unspecified atom stereocenters. The number of carbonyl (C=O) groups excluding carboxylic acids is 3. The Hall–Kier alpha value is -3.15. The number of fused-ring (bicyclic) bond motifs is 2. The first-order valence-corrected chi connectivity index (χ1v) is 8.60. The van der Waals surface area contributed by atoms with Gasteiger partial charge in [0.1, 0.15) is 6.04 Å². The van der Waals surface area contributed by atoms with E-state index < -0.39 is 17.9 Å². The molecule has 2 heterocycles. The predicted octanol–water partition coefficient (Wildman–Crippen LogP) is 1.84. The lowest BCUT2D eigenvalue weighted by molar-refractivity contribution is -0.135. The van der Waals surface area contributed by atoms with Gasteiger partial charge in [-0.2, -0.15) is 0 Å². The number of carbonyl (C=O) groups is 3. The summed E-state index contributed by atoms with van der Waals surface area (Å²) in [5, 5.41) is 0. The third-order valence-electron chi connectivity index (χ3n) is 5.12. The average molecular weight is 349 g/mol. The number of hydrogen-bond donors (Lipinski definition) is 1. The summed E-state index contributed by atoms with van der Waals surface area (Å²) in [5.74, 6) is -1.05. The lowest BCUT2D eigenvalue weighted by Crippen LogP contribution is -2.50. The molecule has 2 aromatic carbocycles. The van der Waals surface area contributed by atoms with E-state index in [0.717, 1.165) is 16.9 Å². The van der Waals surface area contributed by atoms with Crippen LogP contribution < -0.4 is 5.73 Å². The van der Waals surface area contributed by atoms with Gasteiger partial charge in [-0.25, -0.2) is 0 Å². The number of hydrogen-bond acceptors (Lipinski definition) is 4. The van der Waals surface area contributed by atoms with Crippen LogP contribution in [0.3, 0.4) is 0 Å². The zero-order valence-corrected chi connectivity index (χ0v) is 14.4. The van der Waals surface area contributed by atoms with Crippen molar-refractivity contribution in [2.45, 2.75) is 25.9 Å². The highest BCUT2D eigenvalue weighted by Gasteiger charge is 2.42. The molecule has 2 N–H and O–H groups in total. The molecule has 2 aromatic rings. The summed E-state index contributed by atoms with van der Waals surface area (Å²) in [5.41, 5.74) is 9.41. The Balaban J connectivity index is 1.56. The molecule has 0 spiro atoms. The Kier molecular flexibility index (Phi) is 3.76. The molecule has 0 aliphatic carbocycles. The molecule has 0 saturated carbocycles. The molecule has 4 rings (SSSR count). The fourth-order valence-corrected chi connectivity index (χ4v) is 3.70. The highest BCUT2D eigenvalue weighted by Crippen LogP contribution is 2.27. The van der Waals surface area contributed by atoms with Gasteiger partial charge in [-0.05, 0) is 48.7 Å². The molecule has 6 heteroatoms. The second-order valence-corrected chi connectivity index (χ2v) is 6.74. The fraction of sp³-hybridized carbons (Fsp3) is 0.250. The maximum Gasteiger partial charge on any atom is 0.262 e. The van der Waals surface area contributed by atoms with Gasteiger partial charge in [-0.3, -0.25) is 19.3 Å². The number of amides is 3. The number of imide groups is 1. The molecule has 2 aliphatic heterocycles. The minimum absolute atomic E-state index is 0.229. The SMILES string of the molecule is CC(C(=O)N1CCc2ccc(N)cc2C1)N1C(=O)c2ccccc2C1=O. The Morgan fingerprint density at radius 3 is 2.35 bits per heavy atom. The van der Waals surface area contributed by atoms with Crippen molar-refractivity contribution in [1.29, 1.82) is 0 Å². The molecule has 1 atom stereocenters. The van der Waals surface area contributed by atoms with E-state index in [0.29, 0.717) is 29.9 Å². The van der Waals surface area contributed by atoms with Gasteiger partial charge in [0.15, 0.2) is 0 Å². The van der Waals surface area contributed by atoms with Crippen LogP contribution in [-0.4, -0.2) is 40.1 Å². The van der Waals surface area contributed by atoms with Gasteiger partial charge in [0.25, 0.3) is 11.8 Å². The summed E-state index contributed by atoms with van der Waals surface area (Å²) in [6.45, 7) is 2.61. The summed E-state index contributed by atoms with van der Waals surface area (Å²) < 4.78 is 0. The minimum Gasteiger partial charge on any atom is -0.399 e. The molecule has 0 bridgehead atoms. The van der Waals surface area contributed by atoms with E-state index in [1.54, 1.807) is 36.1 Å². The quantitative estimate of drug-likeness (QED) is 0.662. The van der Waals surface area contributed by atoms with Crippen LogP contribution in [0.1, 0.15) is 38.8 Å². The zero-order chi connectivity index (χ0) is 18.4. The topological polar surface area (TPSA) is 83.7 Å². The van der Waals surface area contributed by atoms with Gasteiger partial charge in [-0.15, -0.1) is 0 Å². The normalized spacial score (nSPS) is 17.1. The van der Waals surface area contributed by atoms with Gasteiger partial charge in [0.05, 0.1) is 11.1 Å². The van der Waals surface area contributed by atoms with E-state index in [2.05, 4.69) is 0 Å². The number of anilines is 1. The third-order valence-corrected chi connectivity index (χ3v) is 5.12. The molecule has 26 heavy (non-hydrogen) atoms. The molecule has 6 nitrogen and oxygen atoms in total. The molecular weight excluding hydrogens is 330 g/mol. The highest BCUT2D eigenvalue weighted by atomic mass is 16.2. The Morgan fingerprint density at radius 1 is 1.04 bits per heavy atom. The minimum atomic E-state index is -0.843. The van der Waals surface area contributed by atoms with E-state index in [-0.39, 0.29) is 5.91 Å². The summed E-state index contributed by atoms with van der Waals surface area (Å²) in [6, 6.07) is 11.5. The molecular formula is C20H19N3O3. The lowest BCUT2D eigenvalue weighted by Gasteiger charge is -2.33. The van der Waals surface area contributed by atoms with Crippen LogP contribution in [0.25, 0.3) is 0 Å². The Morgan fingerprint density at radius 2 is 1.69 bits per heavy atom. The van der Waals surface area contributed by atoms with Crippen LogP contribution in [0.15, 0.2) is 42.5 Å². The zero-order valence-electron chi connectivity index (χ0n) is 14.4. The van der Waals surface area contributed by atoms with E-state index in [1.807, 2.05) is 18.2 Å². The summed E-state index contributed by atoms with van der Waals surface area (Å²) in [7, 11) is 0. The van der Waals surface area contributed by atoms with Gasteiger partial charge in [0, 0.05) is 18.8 Å². The van der Waals surface area contributed by atoms with Crippen molar-refractivity contribution in [2.24, 2.45) is 0 Å².